The second-order valence-electron chi connectivity index (χ2n) is 7.60. The Bertz CT molecular complexity index is 1300. The smallest absolute Gasteiger partial charge is 0.238 e. The maximum Gasteiger partial charge on any atom is 0.238 e. The zero-order valence-electron chi connectivity index (χ0n) is 17.1. The molecule has 1 aromatic heterocycles. The van der Waals surface area contributed by atoms with Crippen molar-refractivity contribution in [1.82, 2.24) is 0 Å². The van der Waals surface area contributed by atoms with E-state index in [-0.39, 0.29) is 11.1 Å². The number of aliphatic hydroxyl groups is 4. The van der Waals surface area contributed by atoms with E-state index in [1.54, 1.807) is 0 Å². The molecule has 1 saturated heterocycles. The molecule has 34 heavy (non-hydrogen) atoms. The summed E-state index contributed by atoms with van der Waals surface area (Å²) < 4.78 is 16.0. The molecule has 0 spiro atoms. The molecule has 9 N–H and O–H groups in total. The highest BCUT2D eigenvalue weighted by atomic mass is 16.7. The van der Waals surface area contributed by atoms with Gasteiger partial charge in [-0.3, -0.25) is 4.79 Å². The monoisotopic (exact) mass is 480 g/mol. The van der Waals surface area contributed by atoms with Crippen molar-refractivity contribution < 1.29 is 59.8 Å². The van der Waals surface area contributed by atoms with Crippen molar-refractivity contribution in [3.63, 3.8) is 0 Å². The fourth-order valence-corrected chi connectivity index (χ4v) is 3.57. The number of hydrogen-bond acceptors (Lipinski definition) is 13. The quantitative estimate of drug-likeness (QED) is 0.208. The Hall–Kier alpha value is -3.75. The predicted molar refractivity (Wildman–Crippen MR) is 111 cm³/mol. The molecule has 1 aliphatic heterocycles. The fraction of sp³-hybridized carbons (Fsp3) is 0.286. The van der Waals surface area contributed by atoms with Gasteiger partial charge < -0.3 is 59.8 Å². The molecule has 13 nitrogen and oxygen atoms in total. The van der Waals surface area contributed by atoms with Crippen molar-refractivity contribution in [3.8, 4) is 45.8 Å². The Labute approximate surface area is 189 Å². The van der Waals surface area contributed by atoms with Crippen LogP contribution in [-0.4, -0.2) is 83.3 Å². The molecule has 1 aliphatic rings. The summed E-state index contributed by atoms with van der Waals surface area (Å²) >= 11 is 0. The van der Waals surface area contributed by atoms with Crippen LogP contribution in [0.15, 0.2) is 33.5 Å². The van der Waals surface area contributed by atoms with Crippen LogP contribution in [0, 0.1) is 0 Å². The third kappa shape index (κ3) is 3.81. The van der Waals surface area contributed by atoms with Crippen molar-refractivity contribution in [2.45, 2.75) is 30.7 Å². The number of aliphatic hydroxyl groups excluding tert-OH is 4. The van der Waals surface area contributed by atoms with Crippen molar-refractivity contribution in [2.24, 2.45) is 0 Å². The van der Waals surface area contributed by atoms with Crippen molar-refractivity contribution in [2.75, 3.05) is 6.61 Å². The topological polar surface area (TPSA) is 231 Å². The maximum absolute atomic E-state index is 12.6. The van der Waals surface area contributed by atoms with Gasteiger partial charge in [-0.2, -0.15) is 0 Å². The highest BCUT2D eigenvalue weighted by molar-refractivity contribution is 5.88. The van der Waals surface area contributed by atoms with Gasteiger partial charge in [0.1, 0.15) is 46.9 Å². The summed E-state index contributed by atoms with van der Waals surface area (Å²) in [6.07, 6.45) is -8.31. The number of benzene rings is 2. The average Bonchev–Trinajstić information content (AvgIpc) is 2.78. The molecule has 13 heteroatoms. The van der Waals surface area contributed by atoms with Crippen LogP contribution in [0.3, 0.4) is 0 Å². The predicted octanol–water partition coefficient (Wildman–Crippen LogP) is -0.833. The average molecular weight is 480 g/mol. The van der Waals surface area contributed by atoms with E-state index in [0.29, 0.717) is 0 Å². The third-order valence-corrected chi connectivity index (χ3v) is 5.34. The van der Waals surface area contributed by atoms with Gasteiger partial charge in [-0.1, -0.05) is 0 Å². The molecule has 3 aromatic rings. The summed E-state index contributed by atoms with van der Waals surface area (Å²) in [5.41, 5.74) is -1.58. The lowest BCUT2D eigenvalue weighted by Crippen LogP contribution is -2.60. The first-order valence-corrected chi connectivity index (χ1v) is 9.78. The molecule has 1 fully saturated rings. The van der Waals surface area contributed by atoms with E-state index in [4.69, 9.17) is 13.9 Å². The highest BCUT2D eigenvalue weighted by Gasteiger charge is 2.45. The molecule has 182 valence electrons. The fourth-order valence-electron chi connectivity index (χ4n) is 3.57. The van der Waals surface area contributed by atoms with Crippen LogP contribution in [-0.2, 0) is 4.74 Å². The van der Waals surface area contributed by atoms with Gasteiger partial charge in [0, 0.05) is 17.7 Å². The summed E-state index contributed by atoms with van der Waals surface area (Å²) in [5, 5.41) is 89.1. The SMILES string of the molecule is O=c1c(O)c(-c2cc(O)c(O)c(O[C@H]3O[C@@H](CO)[C@H](O)[C@H](O)[C@@H]3O)c2)oc2cc(O)cc(O)c12. The third-order valence-electron chi connectivity index (χ3n) is 5.34. The molecule has 2 heterocycles. The summed E-state index contributed by atoms with van der Waals surface area (Å²) in [4.78, 5) is 12.6. The summed E-state index contributed by atoms with van der Waals surface area (Å²) in [6.45, 7) is -0.738. The Balaban J connectivity index is 1.79. The van der Waals surface area contributed by atoms with E-state index >= 15 is 0 Å². The second kappa shape index (κ2) is 8.55. The first kappa shape index (κ1) is 23.4. The number of phenols is 4. The lowest BCUT2D eigenvalue weighted by molar-refractivity contribution is -0.277. The van der Waals surface area contributed by atoms with E-state index < -0.39 is 88.4 Å². The largest absolute Gasteiger partial charge is 0.508 e. The van der Waals surface area contributed by atoms with Crippen molar-refractivity contribution >= 4 is 11.0 Å². The summed E-state index contributed by atoms with van der Waals surface area (Å²) in [6, 6.07) is 3.77. The number of phenolic OH excluding ortho intramolecular Hbond substituents is 4. The van der Waals surface area contributed by atoms with Crippen LogP contribution in [0.25, 0.3) is 22.3 Å². The Kier molecular flexibility index (Phi) is 5.89. The lowest BCUT2D eigenvalue weighted by Gasteiger charge is -2.39. The molecule has 0 unspecified atom stereocenters. The number of rotatable bonds is 4. The molecule has 0 amide bonds. The zero-order valence-corrected chi connectivity index (χ0v) is 17.1. The van der Waals surface area contributed by atoms with Crippen LogP contribution >= 0.6 is 0 Å². The summed E-state index contributed by atoms with van der Waals surface area (Å²) in [7, 11) is 0. The van der Waals surface area contributed by atoms with Gasteiger partial charge in [0.15, 0.2) is 17.3 Å². The van der Waals surface area contributed by atoms with Gasteiger partial charge in [0.05, 0.1) is 6.61 Å². The van der Waals surface area contributed by atoms with E-state index in [1.165, 1.54) is 0 Å². The second-order valence-corrected chi connectivity index (χ2v) is 7.60. The number of hydrogen-bond donors (Lipinski definition) is 9. The molecular formula is C21H20O13. The molecule has 0 saturated carbocycles. The number of aromatic hydroxyl groups is 5. The van der Waals surface area contributed by atoms with E-state index in [9.17, 15) is 50.8 Å². The molecular weight excluding hydrogens is 460 g/mol. The van der Waals surface area contributed by atoms with Gasteiger partial charge in [0.2, 0.25) is 23.2 Å². The van der Waals surface area contributed by atoms with Gasteiger partial charge in [-0.05, 0) is 12.1 Å². The normalized spacial score (nSPS) is 24.9. The van der Waals surface area contributed by atoms with Crippen LogP contribution in [0.5, 0.6) is 34.5 Å². The van der Waals surface area contributed by atoms with Crippen LogP contribution in [0.2, 0.25) is 0 Å². The van der Waals surface area contributed by atoms with Crippen LogP contribution in [0.1, 0.15) is 0 Å². The number of ether oxygens (including phenoxy) is 2. The Morgan fingerprint density at radius 1 is 0.853 bits per heavy atom. The maximum atomic E-state index is 12.6. The van der Waals surface area contributed by atoms with Gasteiger partial charge >= 0.3 is 0 Å². The first-order chi connectivity index (χ1) is 16.0. The highest BCUT2D eigenvalue weighted by Crippen LogP contribution is 2.43. The Morgan fingerprint density at radius 2 is 1.56 bits per heavy atom. The van der Waals surface area contributed by atoms with Crippen LogP contribution < -0.4 is 10.2 Å². The van der Waals surface area contributed by atoms with Crippen molar-refractivity contribution in [1.29, 1.82) is 0 Å². The molecule has 0 bridgehead atoms. The van der Waals surface area contributed by atoms with E-state index in [0.717, 1.165) is 24.3 Å². The Morgan fingerprint density at radius 3 is 2.24 bits per heavy atom. The van der Waals surface area contributed by atoms with Crippen molar-refractivity contribution in [3.05, 3.63) is 34.5 Å². The standard InChI is InChI=1S/C21H20O13/c22-5-12-15(27)17(29)19(31)21(34-12)33-11-2-6(1-9(25)14(11)26)20-18(30)16(28)13-8(24)3-7(23)4-10(13)32-20/h1-4,12,15,17,19,21-27,29-31H,5H2/t12-,15-,17-,19-,21-/m0/s1. The molecule has 0 aliphatic carbocycles. The summed E-state index contributed by atoms with van der Waals surface area (Å²) in [5.74, 6) is -4.80. The van der Waals surface area contributed by atoms with Gasteiger partial charge in [0.25, 0.3) is 0 Å². The van der Waals surface area contributed by atoms with Gasteiger partial charge in [-0.25, -0.2) is 0 Å². The molecule has 5 atom stereocenters. The number of fused-ring (bicyclic) bond motifs is 1. The van der Waals surface area contributed by atoms with E-state index in [2.05, 4.69) is 0 Å². The minimum atomic E-state index is -1.83. The lowest BCUT2D eigenvalue weighted by atomic mass is 9.99. The van der Waals surface area contributed by atoms with Crippen LogP contribution in [0.4, 0.5) is 0 Å². The minimum Gasteiger partial charge on any atom is -0.508 e. The molecule has 4 rings (SSSR count). The zero-order chi connectivity index (χ0) is 24.9. The van der Waals surface area contributed by atoms with Gasteiger partial charge in [-0.15, -0.1) is 0 Å². The molecule has 0 radical (unpaired) electrons. The minimum absolute atomic E-state index is 0.214. The molecule has 2 aromatic carbocycles. The first-order valence-electron chi connectivity index (χ1n) is 9.78. The van der Waals surface area contributed by atoms with E-state index in [1.807, 2.05) is 0 Å².